The van der Waals surface area contributed by atoms with Crippen molar-refractivity contribution in [1.82, 2.24) is 9.55 Å². The Bertz CT molecular complexity index is 1660. The molecule has 0 saturated heterocycles. The maximum absolute atomic E-state index is 5.05. The maximum atomic E-state index is 5.05. The normalized spacial score (nSPS) is 11.8. The van der Waals surface area contributed by atoms with Crippen molar-refractivity contribution in [2.75, 3.05) is 0 Å². The summed E-state index contributed by atoms with van der Waals surface area (Å²) in [5.41, 5.74) is 10.6. The summed E-state index contributed by atoms with van der Waals surface area (Å²) < 4.78 is 2.24. The molecule has 0 atom stereocenters. The van der Waals surface area contributed by atoms with E-state index in [9.17, 15) is 0 Å². The van der Waals surface area contributed by atoms with Crippen LogP contribution in [0.4, 0.5) is 0 Å². The van der Waals surface area contributed by atoms with E-state index in [1.165, 1.54) is 49.4 Å². The van der Waals surface area contributed by atoms with Crippen LogP contribution in [0.2, 0.25) is 0 Å². The van der Waals surface area contributed by atoms with Gasteiger partial charge < -0.3 is 4.57 Å². The Kier molecular flexibility index (Phi) is 3.95. The van der Waals surface area contributed by atoms with Gasteiger partial charge in [0.2, 0.25) is 0 Å². The summed E-state index contributed by atoms with van der Waals surface area (Å²) in [4.78, 5) is 5.05. The molecule has 2 aromatic heterocycles. The van der Waals surface area contributed by atoms with Crippen molar-refractivity contribution in [3.8, 4) is 33.5 Å². The Labute approximate surface area is 193 Å². The first-order valence-electron chi connectivity index (χ1n) is 10.2. The van der Waals surface area contributed by atoms with E-state index in [0.717, 1.165) is 16.8 Å². The van der Waals surface area contributed by atoms with Gasteiger partial charge in [-0.2, -0.15) is 0 Å². The van der Waals surface area contributed by atoms with Crippen molar-refractivity contribution in [3.05, 3.63) is 91.0 Å². The van der Waals surface area contributed by atoms with Crippen LogP contribution in [-0.4, -0.2) is 9.55 Å². The van der Waals surface area contributed by atoms with Crippen molar-refractivity contribution in [2.24, 2.45) is 7.05 Å². The number of fused-ring (bicyclic) bond motifs is 6. The van der Waals surface area contributed by atoms with E-state index >= 15 is 0 Å². The fourth-order valence-electron chi connectivity index (χ4n) is 5.06. The quantitative estimate of drug-likeness (QED) is 0.194. The van der Waals surface area contributed by atoms with E-state index in [1.54, 1.807) is 0 Å². The van der Waals surface area contributed by atoms with Crippen LogP contribution < -0.4 is 0 Å². The first kappa shape index (κ1) is 18.5. The molecule has 0 aliphatic heterocycles. The molecular formula is C28H17IrN2-. The van der Waals surface area contributed by atoms with Crippen LogP contribution in [0.1, 0.15) is 0 Å². The molecule has 6 aromatic rings. The molecule has 31 heavy (non-hydrogen) atoms. The molecule has 0 amide bonds. The Hall–Kier alpha value is -3.26. The summed E-state index contributed by atoms with van der Waals surface area (Å²) in [7, 11) is 2.12. The molecule has 0 unspecified atom stereocenters. The van der Waals surface area contributed by atoms with E-state index in [4.69, 9.17) is 4.98 Å². The minimum atomic E-state index is 0. The predicted molar refractivity (Wildman–Crippen MR) is 124 cm³/mol. The fraction of sp³-hybridized carbons (Fsp3) is 0.0357. The van der Waals surface area contributed by atoms with E-state index in [2.05, 4.69) is 103 Å². The van der Waals surface area contributed by atoms with Gasteiger partial charge in [0.1, 0.15) is 0 Å². The van der Waals surface area contributed by atoms with Gasteiger partial charge in [0.05, 0.1) is 5.52 Å². The van der Waals surface area contributed by atoms with Crippen LogP contribution in [0.25, 0.3) is 66.2 Å². The largest absolute Gasteiger partial charge is 0.383 e. The molecule has 0 fully saturated rings. The molecular weight excluding hydrogens is 557 g/mol. The number of pyridine rings is 1. The second kappa shape index (κ2) is 6.62. The Morgan fingerprint density at radius 3 is 2.32 bits per heavy atom. The number of para-hydroxylation sites is 1. The van der Waals surface area contributed by atoms with Crippen LogP contribution in [0.3, 0.4) is 0 Å². The molecule has 0 bridgehead atoms. The third-order valence-electron chi connectivity index (χ3n) is 6.46. The number of hydrogen-bond donors (Lipinski definition) is 0. The molecule has 2 nitrogen and oxygen atoms in total. The van der Waals surface area contributed by atoms with Crippen LogP contribution >= 0.6 is 0 Å². The minimum Gasteiger partial charge on any atom is -0.383 e. The predicted octanol–water partition coefficient (Wildman–Crippen LogP) is 6.99. The Morgan fingerprint density at radius 1 is 0.710 bits per heavy atom. The zero-order valence-electron chi connectivity index (χ0n) is 16.8. The first-order chi connectivity index (χ1) is 14.8. The van der Waals surface area contributed by atoms with Gasteiger partial charge in [-0.25, -0.2) is 0 Å². The van der Waals surface area contributed by atoms with Gasteiger partial charge in [-0.3, -0.25) is 4.98 Å². The SMILES string of the molecule is Cn1c2c[c-]c(-c3cc4c5c(cccc5n3)-c3ccccc3-4)cc2c2ccccc21.[Ir]. The molecule has 7 rings (SSSR count). The summed E-state index contributed by atoms with van der Waals surface area (Å²) in [5, 5.41) is 3.77. The van der Waals surface area contributed by atoms with Crippen LogP contribution in [0.15, 0.2) is 84.9 Å². The second-order valence-corrected chi connectivity index (χ2v) is 8.02. The van der Waals surface area contributed by atoms with Crippen molar-refractivity contribution in [3.63, 3.8) is 0 Å². The first-order valence-corrected chi connectivity index (χ1v) is 10.2. The molecule has 2 heterocycles. The van der Waals surface area contributed by atoms with Crippen molar-refractivity contribution < 1.29 is 20.1 Å². The zero-order chi connectivity index (χ0) is 19.8. The molecule has 0 spiro atoms. The maximum Gasteiger partial charge on any atom is 0.0607 e. The molecule has 0 N–H and O–H groups in total. The summed E-state index contributed by atoms with van der Waals surface area (Å²) >= 11 is 0. The van der Waals surface area contributed by atoms with Gasteiger partial charge in [-0.05, 0) is 51.0 Å². The Balaban J connectivity index is 0.00000185. The molecule has 1 aliphatic carbocycles. The van der Waals surface area contributed by atoms with Gasteiger partial charge >= 0.3 is 0 Å². The average Bonchev–Trinajstić information content (AvgIpc) is 3.28. The van der Waals surface area contributed by atoms with E-state index < -0.39 is 0 Å². The molecule has 149 valence electrons. The number of hydrogen-bond acceptors (Lipinski definition) is 1. The van der Waals surface area contributed by atoms with Crippen LogP contribution in [-0.2, 0) is 27.2 Å². The number of aromatic nitrogens is 2. The molecule has 1 aliphatic rings. The summed E-state index contributed by atoms with van der Waals surface area (Å²) in [6.45, 7) is 0. The average molecular weight is 574 g/mol. The van der Waals surface area contributed by atoms with Crippen molar-refractivity contribution in [1.29, 1.82) is 0 Å². The second-order valence-electron chi connectivity index (χ2n) is 8.02. The van der Waals surface area contributed by atoms with Crippen molar-refractivity contribution in [2.45, 2.75) is 0 Å². The van der Waals surface area contributed by atoms with Gasteiger partial charge in [0.15, 0.2) is 0 Å². The summed E-state index contributed by atoms with van der Waals surface area (Å²) in [6.07, 6.45) is 0. The number of rotatable bonds is 1. The number of nitrogens with zero attached hydrogens (tertiary/aromatic N) is 2. The van der Waals surface area contributed by atoms with E-state index in [0.29, 0.717) is 0 Å². The van der Waals surface area contributed by atoms with E-state index in [1.807, 2.05) is 0 Å². The molecule has 4 aromatic carbocycles. The number of benzene rings is 4. The van der Waals surface area contributed by atoms with Gasteiger partial charge in [-0.1, -0.05) is 66.0 Å². The zero-order valence-corrected chi connectivity index (χ0v) is 19.2. The molecule has 1 radical (unpaired) electrons. The third kappa shape index (κ3) is 2.45. The summed E-state index contributed by atoms with van der Waals surface area (Å²) in [5.74, 6) is 0. The summed E-state index contributed by atoms with van der Waals surface area (Å²) in [6, 6.07) is 33.7. The monoisotopic (exact) mass is 574 g/mol. The van der Waals surface area contributed by atoms with E-state index in [-0.39, 0.29) is 20.1 Å². The standard InChI is InChI=1S/C28H17N2.Ir/c1-30-26-12-5-4-9-20(26)22-15-17(13-14-27(22)30)25-16-23-19-8-3-2-7-18(19)21-10-6-11-24(29-25)28(21)23;/h2-12,14-16H,1H3;/q-1;. The smallest absolute Gasteiger partial charge is 0.0607 e. The fourth-order valence-corrected chi connectivity index (χ4v) is 5.06. The van der Waals surface area contributed by atoms with Gasteiger partial charge in [0, 0.05) is 38.1 Å². The third-order valence-corrected chi connectivity index (χ3v) is 6.46. The van der Waals surface area contributed by atoms with Crippen LogP contribution in [0, 0.1) is 6.07 Å². The Morgan fingerprint density at radius 2 is 1.45 bits per heavy atom. The van der Waals surface area contributed by atoms with Crippen LogP contribution in [0.5, 0.6) is 0 Å². The minimum absolute atomic E-state index is 0. The molecule has 3 heteroatoms. The number of aryl methyl sites for hydroxylation is 1. The molecule has 0 saturated carbocycles. The van der Waals surface area contributed by atoms with Crippen molar-refractivity contribution >= 4 is 32.7 Å². The topological polar surface area (TPSA) is 17.8 Å². The van der Waals surface area contributed by atoms with Gasteiger partial charge in [0.25, 0.3) is 0 Å². The van der Waals surface area contributed by atoms with Gasteiger partial charge in [-0.15, -0.1) is 23.8 Å².